The Kier molecular flexibility index (Phi) is 3.80. The van der Waals surface area contributed by atoms with Gasteiger partial charge in [0.2, 0.25) is 0 Å². The third-order valence-electron chi connectivity index (χ3n) is 3.85. The van der Waals surface area contributed by atoms with Crippen molar-refractivity contribution in [2.45, 2.75) is 25.9 Å². The molecule has 1 saturated heterocycles. The molecule has 3 rings (SSSR count). The van der Waals surface area contributed by atoms with Gasteiger partial charge in [-0.2, -0.15) is 0 Å². The zero-order chi connectivity index (χ0) is 13.9. The van der Waals surface area contributed by atoms with Crippen LogP contribution in [0.5, 0.6) is 0 Å². The SMILES string of the molecule is C[C@H]1CCOCCN1Cc1nc(N)c2ccccc2n1. The molecule has 5 nitrogen and oxygen atoms in total. The Bertz CT molecular complexity index is 601. The molecule has 2 heterocycles. The van der Waals surface area contributed by atoms with Crippen molar-refractivity contribution in [2.75, 3.05) is 25.5 Å². The van der Waals surface area contributed by atoms with Crippen LogP contribution in [0.4, 0.5) is 5.82 Å². The predicted octanol–water partition coefficient (Wildman–Crippen LogP) is 1.82. The third-order valence-corrected chi connectivity index (χ3v) is 3.85. The summed E-state index contributed by atoms with van der Waals surface area (Å²) in [5.41, 5.74) is 6.94. The van der Waals surface area contributed by atoms with Crippen LogP contribution in [0.1, 0.15) is 19.2 Å². The van der Waals surface area contributed by atoms with Crippen molar-refractivity contribution in [1.29, 1.82) is 0 Å². The van der Waals surface area contributed by atoms with Gasteiger partial charge in [0.1, 0.15) is 11.6 Å². The molecule has 0 saturated carbocycles. The van der Waals surface area contributed by atoms with Crippen LogP contribution >= 0.6 is 0 Å². The Hall–Kier alpha value is -1.72. The van der Waals surface area contributed by atoms with E-state index < -0.39 is 0 Å². The molecule has 0 spiro atoms. The molecule has 0 bridgehead atoms. The lowest BCUT2D eigenvalue weighted by atomic mass is 10.2. The average Bonchev–Trinajstić information content (AvgIpc) is 2.64. The molecule has 1 atom stereocenters. The summed E-state index contributed by atoms with van der Waals surface area (Å²) in [5.74, 6) is 1.35. The van der Waals surface area contributed by atoms with E-state index in [1.54, 1.807) is 0 Å². The van der Waals surface area contributed by atoms with E-state index in [9.17, 15) is 0 Å². The fraction of sp³-hybridized carbons (Fsp3) is 0.467. The van der Waals surface area contributed by atoms with E-state index in [-0.39, 0.29) is 0 Å². The Morgan fingerprint density at radius 3 is 3.05 bits per heavy atom. The van der Waals surface area contributed by atoms with Gasteiger partial charge in [-0.15, -0.1) is 0 Å². The normalized spacial score (nSPS) is 20.9. The van der Waals surface area contributed by atoms with Crippen LogP contribution < -0.4 is 5.73 Å². The molecule has 0 aliphatic carbocycles. The zero-order valence-electron chi connectivity index (χ0n) is 11.7. The van der Waals surface area contributed by atoms with E-state index in [4.69, 9.17) is 10.5 Å². The van der Waals surface area contributed by atoms with Gasteiger partial charge < -0.3 is 10.5 Å². The third kappa shape index (κ3) is 2.73. The molecule has 2 N–H and O–H groups in total. The first-order valence-corrected chi connectivity index (χ1v) is 7.07. The number of hydrogen-bond acceptors (Lipinski definition) is 5. The lowest BCUT2D eigenvalue weighted by Crippen LogP contribution is -2.34. The summed E-state index contributed by atoms with van der Waals surface area (Å²) in [7, 11) is 0. The second-order valence-electron chi connectivity index (χ2n) is 5.26. The molecule has 0 radical (unpaired) electrons. The maximum Gasteiger partial charge on any atom is 0.145 e. The van der Waals surface area contributed by atoms with Crippen LogP contribution in [0.15, 0.2) is 24.3 Å². The molecule has 1 aromatic heterocycles. The Morgan fingerprint density at radius 1 is 1.30 bits per heavy atom. The van der Waals surface area contributed by atoms with Gasteiger partial charge in [0.15, 0.2) is 0 Å². The highest BCUT2D eigenvalue weighted by Crippen LogP contribution is 2.19. The van der Waals surface area contributed by atoms with Crippen molar-refractivity contribution in [3.8, 4) is 0 Å². The summed E-state index contributed by atoms with van der Waals surface area (Å²) in [6, 6.07) is 8.34. The number of rotatable bonds is 2. The van der Waals surface area contributed by atoms with Gasteiger partial charge >= 0.3 is 0 Å². The number of ether oxygens (including phenoxy) is 1. The molecule has 106 valence electrons. The minimum atomic E-state index is 0.480. The van der Waals surface area contributed by atoms with Crippen LogP contribution in [-0.4, -0.2) is 40.7 Å². The molecule has 0 unspecified atom stereocenters. The summed E-state index contributed by atoms with van der Waals surface area (Å²) < 4.78 is 5.52. The largest absolute Gasteiger partial charge is 0.383 e. The number of nitrogen functional groups attached to an aromatic ring is 1. The molecule has 1 aliphatic heterocycles. The standard InChI is InChI=1S/C15H20N4O/c1-11-6-8-20-9-7-19(11)10-14-17-13-5-3-2-4-12(13)15(16)18-14/h2-5,11H,6-10H2,1H3,(H2,16,17,18)/t11-/m0/s1. The molecule has 20 heavy (non-hydrogen) atoms. The maximum absolute atomic E-state index is 6.03. The first-order valence-electron chi connectivity index (χ1n) is 7.07. The summed E-state index contributed by atoms with van der Waals surface area (Å²) >= 11 is 0. The maximum atomic E-state index is 6.03. The topological polar surface area (TPSA) is 64.3 Å². The van der Waals surface area contributed by atoms with Gasteiger partial charge in [0.05, 0.1) is 18.7 Å². The second-order valence-corrected chi connectivity index (χ2v) is 5.26. The van der Waals surface area contributed by atoms with Crippen molar-refractivity contribution < 1.29 is 4.74 Å². The highest BCUT2D eigenvalue weighted by atomic mass is 16.5. The molecule has 1 aliphatic rings. The average molecular weight is 272 g/mol. The lowest BCUT2D eigenvalue weighted by molar-refractivity contribution is 0.138. The number of nitrogens with zero attached hydrogens (tertiary/aromatic N) is 3. The summed E-state index contributed by atoms with van der Waals surface area (Å²) in [4.78, 5) is 11.4. The quantitative estimate of drug-likeness (QED) is 0.903. The van der Waals surface area contributed by atoms with E-state index in [0.717, 1.165) is 49.5 Å². The van der Waals surface area contributed by atoms with E-state index in [1.807, 2.05) is 24.3 Å². The molecule has 0 amide bonds. The lowest BCUT2D eigenvalue weighted by Gasteiger charge is -2.25. The van der Waals surface area contributed by atoms with Gasteiger partial charge in [-0.05, 0) is 25.5 Å². The molecule has 2 aromatic rings. The van der Waals surface area contributed by atoms with Gasteiger partial charge in [0, 0.05) is 24.6 Å². The Labute approximate surface area is 118 Å². The van der Waals surface area contributed by atoms with Crippen molar-refractivity contribution in [3.63, 3.8) is 0 Å². The molecular formula is C15H20N4O. The first kappa shape index (κ1) is 13.3. The van der Waals surface area contributed by atoms with Crippen molar-refractivity contribution in [1.82, 2.24) is 14.9 Å². The van der Waals surface area contributed by atoms with Crippen molar-refractivity contribution >= 4 is 16.7 Å². The number of anilines is 1. The molecule has 1 aromatic carbocycles. The van der Waals surface area contributed by atoms with E-state index in [1.165, 1.54) is 0 Å². The van der Waals surface area contributed by atoms with Gasteiger partial charge in [-0.3, -0.25) is 4.90 Å². The van der Waals surface area contributed by atoms with E-state index in [2.05, 4.69) is 21.8 Å². The Morgan fingerprint density at radius 2 is 2.15 bits per heavy atom. The number of benzene rings is 1. The minimum Gasteiger partial charge on any atom is -0.383 e. The first-order chi connectivity index (χ1) is 9.74. The van der Waals surface area contributed by atoms with Crippen LogP contribution in [0.25, 0.3) is 10.9 Å². The number of aromatic nitrogens is 2. The highest BCUT2D eigenvalue weighted by molar-refractivity contribution is 5.87. The zero-order valence-corrected chi connectivity index (χ0v) is 11.7. The number of fused-ring (bicyclic) bond motifs is 1. The van der Waals surface area contributed by atoms with Crippen LogP contribution in [-0.2, 0) is 11.3 Å². The molecule has 1 fully saturated rings. The van der Waals surface area contributed by atoms with Crippen LogP contribution in [0.2, 0.25) is 0 Å². The number of nitrogens with two attached hydrogens (primary N) is 1. The number of hydrogen-bond donors (Lipinski definition) is 1. The van der Waals surface area contributed by atoms with Gasteiger partial charge in [0.25, 0.3) is 0 Å². The fourth-order valence-electron chi connectivity index (χ4n) is 2.58. The van der Waals surface area contributed by atoms with Gasteiger partial charge in [-0.25, -0.2) is 9.97 Å². The van der Waals surface area contributed by atoms with Crippen LogP contribution in [0, 0.1) is 0 Å². The summed E-state index contributed by atoms with van der Waals surface area (Å²) in [6.45, 7) is 5.46. The Balaban J connectivity index is 1.86. The monoisotopic (exact) mass is 272 g/mol. The summed E-state index contributed by atoms with van der Waals surface area (Å²) in [5, 5.41) is 0.920. The second kappa shape index (κ2) is 5.73. The van der Waals surface area contributed by atoms with Gasteiger partial charge in [-0.1, -0.05) is 12.1 Å². The smallest absolute Gasteiger partial charge is 0.145 e. The minimum absolute atomic E-state index is 0.480. The predicted molar refractivity (Wildman–Crippen MR) is 79.3 cm³/mol. The molecular weight excluding hydrogens is 252 g/mol. The summed E-state index contributed by atoms with van der Waals surface area (Å²) in [6.07, 6.45) is 1.04. The van der Waals surface area contributed by atoms with Crippen molar-refractivity contribution in [2.24, 2.45) is 0 Å². The van der Waals surface area contributed by atoms with Crippen molar-refractivity contribution in [3.05, 3.63) is 30.1 Å². The van der Waals surface area contributed by atoms with Crippen LogP contribution in [0.3, 0.4) is 0 Å². The van der Waals surface area contributed by atoms with E-state index >= 15 is 0 Å². The molecule has 5 heteroatoms. The number of para-hydroxylation sites is 1. The highest BCUT2D eigenvalue weighted by Gasteiger charge is 2.18. The fourth-order valence-corrected chi connectivity index (χ4v) is 2.58. The van der Waals surface area contributed by atoms with E-state index in [0.29, 0.717) is 11.9 Å².